The van der Waals surface area contributed by atoms with Gasteiger partial charge in [0.25, 0.3) is 0 Å². The number of aromatic hydroxyl groups is 1. The van der Waals surface area contributed by atoms with Crippen molar-refractivity contribution in [2.24, 2.45) is 0 Å². The maximum Gasteiger partial charge on any atom is 0.126 e. The molecule has 0 spiro atoms. The van der Waals surface area contributed by atoms with E-state index in [1.54, 1.807) is 13.8 Å². The van der Waals surface area contributed by atoms with Gasteiger partial charge in [0.15, 0.2) is 0 Å². The van der Waals surface area contributed by atoms with Crippen molar-refractivity contribution in [3.63, 3.8) is 0 Å². The lowest BCUT2D eigenvalue weighted by atomic mass is 9.99. The topological polar surface area (TPSA) is 40.5 Å². The molecular weight excluding hydrogens is 171 g/mol. The van der Waals surface area contributed by atoms with Crippen LogP contribution in [0.3, 0.4) is 0 Å². The van der Waals surface area contributed by atoms with Crippen molar-refractivity contribution >= 4 is 0 Å². The van der Waals surface area contributed by atoms with E-state index in [0.29, 0.717) is 11.1 Å². The molecule has 3 heteroatoms. The Bertz CT molecular complexity index is 310. The average molecular weight is 184 g/mol. The number of aliphatic hydroxyl groups excluding tert-OH is 1. The van der Waals surface area contributed by atoms with Gasteiger partial charge in [0.05, 0.1) is 0 Å². The smallest absolute Gasteiger partial charge is 0.126 e. The lowest BCUT2D eigenvalue weighted by molar-refractivity contribution is 0.270. The second-order valence-electron chi connectivity index (χ2n) is 3.24. The van der Waals surface area contributed by atoms with Crippen LogP contribution in [0.2, 0.25) is 0 Å². The van der Waals surface area contributed by atoms with Crippen LogP contribution in [0.4, 0.5) is 4.39 Å². The van der Waals surface area contributed by atoms with Gasteiger partial charge in [-0.25, -0.2) is 4.39 Å². The zero-order chi connectivity index (χ0) is 10.0. The van der Waals surface area contributed by atoms with E-state index in [9.17, 15) is 9.50 Å². The van der Waals surface area contributed by atoms with Crippen LogP contribution in [0.15, 0.2) is 12.1 Å². The number of rotatable bonds is 2. The first-order valence-electron chi connectivity index (χ1n) is 4.16. The highest BCUT2D eigenvalue weighted by atomic mass is 19.1. The largest absolute Gasteiger partial charge is 0.508 e. The van der Waals surface area contributed by atoms with Gasteiger partial charge in [-0.1, -0.05) is 6.92 Å². The first-order chi connectivity index (χ1) is 6.06. The minimum absolute atomic E-state index is 0.0421. The van der Waals surface area contributed by atoms with E-state index < -0.39 is 0 Å². The van der Waals surface area contributed by atoms with Gasteiger partial charge < -0.3 is 10.2 Å². The van der Waals surface area contributed by atoms with Crippen LogP contribution >= 0.6 is 0 Å². The molecule has 0 fully saturated rings. The third-order valence-corrected chi connectivity index (χ3v) is 2.11. The maximum atomic E-state index is 13.1. The lowest BCUT2D eigenvalue weighted by Gasteiger charge is -2.11. The number of hydrogen-bond acceptors (Lipinski definition) is 2. The molecule has 13 heavy (non-hydrogen) atoms. The number of aryl methyl sites for hydroxylation is 1. The molecule has 0 aromatic heterocycles. The SMILES string of the molecule is Cc1cc(O)c(C(C)CO)cc1F. The van der Waals surface area contributed by atoms with Crippen molar-refractivity contribution in [3.05, 3.63) is 29.1 Å². The zero-order valence-electron chi connectivity index (χ0n) is 7.71. The van der Waals surface area contributed by atoms with Gasteiger partial charge >= 0.3 is 0 Å². The highest BCUT2D eigenvalue weighted by molar-refractivity contribution is 5.39. The Morgan fingerprint density at radius 3 is 2.62 bits per heavy atom. The second-order valence-corrected chi connectivity index (χ2v) is 3.24. The Balaban J connectivity index is 3.15. The second kappa shape index (κ2) is 3.75. The minimum Gasteiger partial charge on any atom is -0.508 e. The van der Waals surface area contributed by atoms with E-state index in [1.165, 1.54) is 12.1 Å². The van der Waals surface area contributed by atoms with Crippen molar-refractivity contribution in [2.45, 2.75) is 19.8 Å². The fourth-order valence-electron chi connectivity index (χ4n) is 1.17. The van der Waals surface area contributed by atoms with E-state index in [-0.39, 0.29) is 24.1 Å². The summed E-state index contributed by atoms with van der Waals surface area (Å²) in [5, 5.41) is 18.3. The summed E-state index contributed by atoms with van der Waals surface area (Å²) in [7, 11) is 0. The van der Waals surface area contributed by atoms with Crippen molar-refractivity contribution in [1.82, 2.24) is 0 Å². The Morgan fingerprint density at radius 1 is 1.46 bits per heavy atom. The summed E-state index contributed by atoms with van der Waals surface area (Å²) in [4.78, 5) is 0. The first kappa shape index (κ1) is 9.99. The molecule has 0 heterocycles. The third kappa shape index (κ3) is 1.98. The Labute approximate surface area is 76.6 Å². The molecule has 0 aliphatic rings. The van der Waals surface area contributed by atoms with Gasteiger partial charge in [0, 0.05) is 18.1 Å². The summed E-state index contributed by atoms with van der Waals surface area (Å²) in [6.07, 6.45) is 0. The summed E-state index contributed by atoms with van der Waals surface area (Å²) in [6.45, 7) is 3.21. The number of phenolic OH excluding ortho intramolecular Hbond substituents is 1. The molecule has 2 nitrogen and oxygen atoms in total. The molecule has 0 bridgehead atoms. The van der Waals surface area contributed by atoms with Gasteiger partial charge in [0.1, 0.15) is 11.6 Å². The zero-order valence-corrected chi connectivity index (χ0v) is 7.71. The molecular formula is C10H13FO2. The highest BCUT2D eigenvalue weighted by Crippen LogP contribution is 2.27. The normalized spacial score (nSPS) is 12.9. The van der Waals surface area contributed by atoms with Crippen LogP contribution in [0.25, 0.3) is 0 Å². The van der Waals surface area contributed by atoms with Crippen molar-refractivity contribution in [2.75, 3.05) is 6.61 Å². The molecule has 0 radical (unpaired) electrons. The number of hydrogen-bond donors (Lipinski definition) is 2. The molecule has 0 amide bonds. The van der Waals surface area contributed by atoms with E-state index in [4.69, 9.17) is 5.11 Å². The van der Waals surface area contributed by atoms with Gasteiger partial charge in [-0.05, 0) is 24.6 Å². The maximum absolute atomic E-state index is 13.1. The predicted molar refractivity (Wildman–Crippen MR) is 48.3 cm³/mol. The molecule has 0 saturated heterocycles. The van der Waals surface area contributed by atoms with Crippen LogP contribution in [0, 0.1) is 12.7 Å². The third-order valence-electron chi connectivity index (χ3n) is 2.11. The standard InChI is InChI=1S/C10H13FO2/c1-6-3-10(13)8(4-9(6)11)7(2)5-12/h3-4,7,12-13H,5H2,1-2H3. The van der Waals surface area contributed by atoms with Gasteiger partial charge in [-0.15, -0.1) is 0 Å². The van der Waals surface area contributed by atoms with Gasteiger partial charge in [-0.2, -0.15) is 0 Å². The molecule has 72 valence electrons. The van der Waals surface area contributed by atoms with Crippen LogP contribution in [-0.4, -0.2) is 16.8 Å². The van der Waals surface area contributed by atoms with Crippen molar-refractivity contribution in [1.29, 1.82) is 0 Å². The monoisotopic (exact) mass is 184 g/mol. The molecule has 1 unspecified atom stereocenters. The summed E-state index contributed by atoms with van der Waals surface area (Å²) in [5.74, 6) is -0.552. The van der Waals surface area contributed by atoms with E-state index in [0.717, 1.165) is 0 Å². The fourth-order valence-corrected chi connectivity index (χ4v) is 1.17. The number of phenols is 1. The van der Waals surface area contributed by atoms with Crippen LogP contribution < -0.4 is 0 Å². The number of benzene rings is 1. The molecule has 1 aromatic rings. The first-order valence-corrected chi connectivity index (χ1v) is 4.16. The lowest BCUT2D eigenvalue weighted by Crippen LogP contribution is -2.00. The Morgan fingerprint density at radius 2 is 2.08 bits per heavy atom. The van der Waals surface area contributed by atoms with E-state index in [2.05, 4.69) is 0 Å². The quantitative estimate of drug-likeness (QED) is 0.737. The molecule has 0 aliphatic heterocycles. The summed E-state index contributed by atoms with van der Waals surface area (Å²) >= 11 is 0. The minimum atomic E-state index is -0.354. The average Bonchev–Trinajstić information content (AvgIpc) is 2.10. The fraction of sp³-hybridized carbons (Fsp3) is 0.400. The molecule has 0 aliphatic carbocycles. The molecule has 1 rings (SSSR count). The molecule has 2 N–H and O–H groups in total. The van der Waals surface area contributed by atoms with E-state index >= 15 is 0 Å². The Kier molecular flexibility index (Phi) is 2.88. The summed E-state index contributed by atoms with van der Waals surface area (Å²) < 4.78 is 13.1. The molecule has 1 aromatic carbocycles. The summed E-state index contributed by atoms with van der Waals surface area (Å²) in [6, 6.07) is 2.64. The Hall–Kier alpha value is -1.09. The van der Waals surface area contributed by atoms with Crippen LogP contribution in [0.5, 0.6) is 5.75 Å². The highest BCUT2D eigenvalue weighted by Gasteiger charge is 2.11. The molecule has 1 atom stereocenters. The number of aliphatic hydroxyl groups is 1. The number of halogens is 1. The van der Waals surface area contributed by atoms with Crippen molar-refractivity contribution in [3.8, 4) is 5.75 Å². The van der Waals surface area contributed by atoms with E-state index in [1.807, 2.05) is 0 Å². The van der Waals surface area contributed by atoms with Crippen molar-refractivity contribution < 1.29 is 14.6 Å². The predicted octanol–water partition coefficient (Wildman–Crippen LogP) is 1.94. The van der Waals surface area contributed by atoms with Gasteiger partial charge in [0.2, 0.25) is 0 Å². The summed E-state index contributed by atoms with van der Waals surface area (Å²) in [5.41, 5.74) is 0.858. The van der Waals surface area contributed by atoms with Crippen LogP contribution in [0.1, 0.15) is 24.0 Å². The van der Waals surface area contributed by atoms with Gasteiger partial charge in [-0.3, -0.25) is 0 Å². The van der Waals surface area contributed by atoms with Crippen LogP contribution in [-0.2, 0) is 0 Å². The molecule has 0 saturated carbocycles.